The Morgan fingerprint density at radius 3 is 0.690 bits per heavy atom. The quantitative estimate of drug-likeness (QED) is 0.0346. The molecule has 0 heterocycles. The van der Waals surface area contributed by atoms with Crippen molar-refractivity contribution in [1.82, 2.24) is 0 Å². The first kappa shape index (κ1) is 56.4. The van der Waals surface area contributed by atoms with Crippen LogP contribution in [-0.2, 0) is 28.6 Å². The standard InChI is InChI=1S/C52H100O6/c1-4-7-10-13-16-19-21-23-24-25-26-27-28-29-31-33-36-39-42-45-51(54)57-48-49(47-56-50(53)44-41-38-35-32-18-15-12-9-6-3)58-52(55)46-43-40-37-34-30-22-20-17-14-11-8-5-2/h49H,4-48H2,1-3H3/t49-/m0/s1. The number of hydrogen-bond donors (Lipinski definition) is 0. The minimum atomic E-state index is -0.758. The maximum Gasteiger partial charge on any atom is 0.306 e. The predicted octanol–water partition coefficient (Wildman–Crippen LogP) is 16.8. The van der Waals surface area contributed by atoms with Crippen LogP contribution in [-0.4, -0.2) is 37.2 Å². The van der Waals surface area contributed by atoms with Crippen LogP contribution in [0.3, 0.4) is 0 Å². The van der Waals surface area contributed by atoms with Crippen molar-refractivity contribution in [2.24, 2.45) is 0 Å². The molecule has 58 heavy (non-hydrogen) atoms. The Morgan fingerprint density at radius 1 is 0.276 bits per heavy atom. The van der Waals surface area contributed by atoms with Crippen molar-refractivity contribution in [1.29, 1.82) is 0 Å². The molecular weight excluding hydrogens is 721 g/mol. The number of esters is 3. The van der Waals surface area contributed by atoms with E-state index in [0.717, 1.165) is 57.8 Å². The highest BCUT2D eigenvalue weighted by Gasteiger charge is 2.19. The van der Waals surface area contributed by atoms with Crippen molar-refractivity contribution < 1.29 is 28.6 Å². The Kier molecular flexibility index (Phi) is 46.8. The summed E-state index contributed by atoms with van der Waals surface area (Å²) in [5.41, 5.74) is 0. The zero-order valence-electron chi connectivity index (χ0n) is 39.3. The lowest BCUT2D eigenvalue weighted by molar-refractivity contribution is -0.167. The molecule has 0 bridgehead atoms. The van der Waals surface area contributed by atoms with Crippen molar-refractivity contribution in [3.63, 3.8) is 0 Å². The summed E-state index contributed by atoms with van der Waals surface area (Å²) in [6.07, 6.45) is 50.9. The Balaban J connectivity index is 4.20. The van der Waals surface area contributed by atoms with Gasteiger partial charge < -0.3 is 14.2 Å². The number of carbonyl (C=O) groups excluding carboxylic acids is 3. The number of carbonyl (C=O) groups is 3. The van der Waals surface area contributed by atoms with E-state index in [1.54, 1.807) is 0 Å². The Hall–Kier alpha value is -1.59. The first-order chi connectivity index (χ1) is 28.5. The molecule has 0 aliphatic rings. The molecule has 0 rings (SSSR count). The first-order valence-electron chi connectivity index (χ1n) is 26.0. The Labute approximate surface area is 361 Å². The van der Waals surface area contributed by atoms with Crippen LogP contribution >= 0.6 is 0 Å². The van der Waals surface area contributed by atoms with Crippen LogP contribution < -0.4 is 0 Å². The summed E-state index contributed by atoms with van der Waals surface area (Å²) in [5, 5.41) is 0. The fourth-order valence-corrected chi connectivity index (χ4v) is 7.92. The van der Waals surface area contributed by atoms with Crippen LogP contribution in [0.2, 0.25) is 0 Å². The highest BCUT2D eigenvalue weighted by Crippen LogP contribution is 2.17. The average Bonchev–Trinajstić information content (AvgIpc) is 3.22. The maximum absolute atomic E-state index is 12.7. The summed E-state index contributed by atoms with van der Waals surface area (Å²) in [6, 6.07) is 0. The van der Waals surface area contributed by atoms with Gasteiger partial charge in [0.05, 0.1) is 0 Å². The van der Waals surface area contributed by atoms with Crippen LogP contribution in [0, 0.1) is 0 Å². The molecule has 0 spiro atoms. The van der Waals surface area contributed by atoms with Gasteiger partial charge >= 0.3 is 17.9 Å². The smallest absolute Gasteiger partial charge is 0.306 e. The molecule has 0 saturated heterocycles. The predicted molar refractivity (Wildman–Crippen MR) is 247 cm³/mol. The van der Waals surface area contributed by atoms with E-state index in [2.05, 4.69) is 20.8 Å². The zero-order valence-corrected chi connectivity index (χ0v) is 39.3. The summed E-state index contributed by atoms with van der Waals surface area (Å²) < 4.78 is 16.8. The lowest BCUT2D eigenvalue weighted by atomic mass is 10.0. The van der Waals surface area contributed by atoms with E-state index < -0.39 is 6.10 Å². The largest absolute Gasteiger partial charge is 0.462 e. The van der Waals surface area contributed by atoms with E-state index in [4.69, 9.17) is 14.2 Å². The number of unbranched alkanes of at least 4 members (excludes halogenated alkanes) is 37. The molecule has 6 nitrogen and oxygen atoms in total. The van der Waals surface area contributed by atoms with Crippen molar-refractivity contribution in [3.05, 3.63) is 0 Å². The third kappa shape index (κ3) is 45.5. The molecule has 0 radical (unpaired) electrons. The molecule has 1 atom stereocenters. The second-order valence-corrected chi connectivity index (χ2v) is 17.8. The third-order valence-corrected chi connectivity index (χ3v) is 11.9. The molecular formula is C52H100O6. The molecule has 0 aromatic rings. The van der Waals surface area contributed by atoms with Gasteiger partial charge in [-0.2, -0.15) is 0 Å². The van der Waals surface area contributed by atoms with Gasteiger partial charge in [0.15, 0.2) is 6.10 Å². The van der Waals surface area contributed by atoms with Crippen LogP contribution in [0.25, 0.3) is 0 Å². The molecule has 0 saturated carbocycles. The third-order valence-electron chi connectivity index (χ3n) is 11.9. The molecule has 0 aliphatic carbocycles. The normalized spacial score (nSPS) is 11.8. The number of ether oxygens (including phenoxy) is 3. The average molecular weight is 821 g/mol. The first-order valence-corrected chi connectivity index (χ1v) is 26.0. The van der Waals surface area contributed by atoms with Gasteiger partial charge in [0.1, 0.15) is 13.2 Å². The second kappa shape index (κ2) is 48.1. The summed E-state index contributed by atoms with van der Waals surface area (Å²) >= 11 is 0. The molecule has 0 fully saturated rings. The molecule has 0 N–H and O–H groups in total. The fraction of sp³-hybridized carbons (Fsp3) is 0.942. The van der Waals surface area contributed by atoms with Crippen molar-refractivity contribution >= 4 is 17.9 Å². The van der Waals surface area contributed by atoms with Crippen molar-refractivity contribution in [2.75, 3.05) is 13.2 Å². The zero-order chi connectivity index (χ0) is 42.3. The van der Waals surface area contributed by atoms with Gasteiger partial charge in [-0.25, -0.2) is 0 Å². The van der Waals surface area contributed by atoms with E-state index in [1.165, 1.54) is 199 Å². The minimum Gasteiger partial charge on any atom is -0.462 e. The van der Waals surface area contributed by atoms with Gasteiger partial charge in [-0.05, 0) is 19.3 Å². The van der Waals surface area contributed by atoms with Gasteiger partial charge in [-0.1, -0.05) is 258 Å². The fourth-order valence-electron chi connectivity index (χ4n) is 7.92. The van der Waals surface area contributed by atoms with Gasteiger partial charge in [0.25, 0.3) is 0 Å². The monoisotopic (exact) mass is 821 g/mol. The molecule has 0 aliphatic heterocycles. The van der Waals surface area contributed by atoms with E-state index in [1.807, 2.05) is 0 Å². The van der Waals surface area contributed by atoms with Crippen LogP contribution in [0.5, 0.6) is 0 Å². The summed E-state index contributed by atoms with van der Waals surface area (Å²) in [6.45, 7) is 6.66. The molecule has 6 heteroatoms. The lowest BCUT2D eigenvalue weighted by Crippen LogP contribution is -2.30. The van der Waals surface area contributed by atoms with E-state index in [0.29, 0.717) is 19.3 Å². The van der Waals surface area contributed by atoms with E-state index >= 15 is 0 Å². The highest BCUT2D eigenvalue weighted by atomic mass is 16.6. The second-order valence-electron chi connectivity index (χ2n) is 17.8. The van der Waals surface area contributed by atoms with Crippen LogP contribution in [0.1, 0.15) is 297 Å². The molecule has 0 aromatic heterocycles. The van der Waals surface area contributed by atoms with Crippen LogP contribution in [0.4, 0.5) is 0 Å². The van der Waals surface area contributed by atoms with Crippen molar-refractivity contribution in [2.45, 2.75) is 303 Å². The summed E-state index contributed by atoms with van der Waals surface area (Å²) in [7, 11) is 0. The summed E-state index contributed by atoms with van der Waals surface area (Å²) in [5.74, 6) is -0.845. The lowest BCUT2D eigenvalue weighted by Gasteiger charge is -2.18. The number of rotatable bonds is 48. The van der Waals surface area contributed by atoms with Gasteiger partial charge in [0.2, 0.25) is 0 Å². The highest BCUT2D eigenvalue weighted by molar-refractivity contribution is 5.71. The van der Waals surface area contributed by atoms with Crippen LogP contribution in [0.15, 0.2) is 0 Å². The number of hydrogen-bond acceptors (Lipinski definition) is 6. The van der Waals surface area contributed by atoms with Gasteiger partial charge in [-0.15, -0.1) is 0 Å². The minimum absolute atomic E-state index is 0.0620. The van der Waals surface area contributed by atoms with E-state index in [-0.39, 0.29) is 31.1 Å². The molecule has 344 valence electrons. The molecule has 0 aromatic carbocycles. The van der Waals surface area contributed by atoms with Crippen molar-refractivity contribution in [3.8, 4) is 0 Å². The van der Waals surface area contributed by atoms with Gasteiger partial charge in [0, 0.05) is 19.3 Å². The maximum atomic E-state index is 12.7. The Bertz CT molecular complexity index is 859. The summed E-state index contributed by atoms with van der Waals surface area (Å²) in [4.78, 5) is 37.8. The Morgan fingerprint density at radius 2 is 0.466 bits per heavy atom. The SMILES string of the molecule is CCCCCCCCCCCCCCCCCCCCCC(=O)OC[C@H](COC(=O)CCCCCCCCCCC)OC(=O)CCCCCCCCCCCCCC. The van der Waals surface area contributed by atoms with Gasteiger partial charge in [-0.3, -0.25) is 14.4 Å². The molecule has 0 amide bonds. The molecule has 0 unspecified atom stereocenters. The van der Waals surface area contributed by atoms with E-state index in [9.17, 15) is 14.4 Å². The topological polar surface area (TPSA) is 78.9 Å².